The van der Waals surface area contributed by atoms with Gasteiger partial charge in [0.1, 0.15) is 0 Å². The summed E-state index contributed by atoms with van der Waals surface area (Å²) in [5, 5.41) is 0. The first-order valence-corrected chi connectivity index (χ1v) is 15.9. The third-order valence-electron chi connectivity index (χ3n) is 9.87. The Morgan fingerprint density at radius 2 is 1.06 bits per heavy atom. The molecule has 8 rings (SSSR count). The summed E-state index contributed by atoms with van der Waals surface area (Å²) < 4.78 is 83.5. The Balaban J connectivity index is 1.44. The van der Waals surface area contributed by atoms with Gasteiger partial charge in [0.05, 0.1) is 11.1 Å². The highest BCUT2D eigenvalue weighted by Gasteiger charge is 2.45. The Bertz CT molecular complexity index is 1960. The van der Waals surface area contributed by atoms with Crippen molar-refractivity contribution in [3.63, 3.8) is 0 Å². The van der Waals surface area contributed by atoms with E-state index in [2.05, 4.69) is 12.1 Å². The van der Waals surface area contributed by atoms with Crippen molar-refractivity contribution in [2.75, 3.05) is 9.80 Å². The Kier molecular flexibility index (Phi) is 6.93. The van der Waals surface area contributed by atoms with Crippen LogP contribution in [0.3, 0.4) is 0 Å². The van der Waals surface area contributed by atoms with E-state index in [1.165, 1.54) is 18.2 Å². The molecule has 47 heavy (non-hydrogen) atoms. The van der Waals surface area contributed by atoms with Crippen molar-refractivity contribution in [1.29, 1.82) is 0 Å². The average Bonchev–Trinajstić information content (AvgIpc) is 3.07. The van der Waals surface area contributed by atoms with Crippen molar-refractivity contribution in [2.24, 2.45) is 0 Å². The Labute approximate surface area is 269 Å². The highest BCUT2D eigenvalue weighted by atomic mass is 19.4. The molecule has 0 unspecified atom stereocenters. The first-order chi connectivity index (χ1) is 22.6. The van der Waals surface area contributed by atoms with Crippen LogP contribution in [0.2, 0.25) is 0 Å². The Hall–Kier alpha value is -4.66. The van der Waals surface area contributed by atoms with E-state index in [4.69, 9.17) is 0 Å². The van der Waals surface area contributed by atoms with Gasteiger partial charge in [0.25, 0.3) is 6.71 Å². The minimum Gasteiger partial charge on any atom is -0.311 e. The molecule has 1 saturated carbocycles. The van der Waals surface area contributed by atoms with E-state index in [0.717, 1.165) is 95.0 Å². The Morgan fingerprint density at radius 3 is 1.72 bits per heavy atom. The van der Waals surface area contributed by atoms with Crippen LogP contribution in [0.4, 0.5) is 60.5 Å². The van der Waals surface area contributed by atoms with E-state index >= 15 is 0 Å². The molecule has 3 aliphatic rings. The molecule has 1 aliphatic carbocycles. The van der Waals surface area contributed by atoms with E-state index in [1.54, 1.807) is 6.07 Å². The van der Waals surface area contributed by atoms with Crippen LogP contribution in [0.5, 0.6) is 0 Å². The summed E-state index contributed by atoms with van der Waals surface area (Å²) in [7, 11) is 0. The average molecular weight is 638 g/mol. The third-order valence-corrected chi connectivity index (χ3v) is 9.87. The van der Waals surface area contributed by atoms with Gasteiger partial charge in [-0.25, -0.2) is 0 Å². The SMILES string of the molecule is FC(F)(F)c1ccc(N2c3ccccc3B3c4ccc(C(F)(F)F)cc4N(c4ccccc4)c4cc(C5CCCCC5)cc2c43)cc1. The summed E-state index contributed by atoms with van der Waals surface area (Å²) >= 11 is 0. The number of fused-ring (bicyclic) bond motifs is 4. The van der Waals surface area contributed by atoms with Gasteiger partial charge in [0.15, 0.2) is 0 Å². The highest BCUT2D eigenvalue weighted by Crippen LogP contribution is 2.47. The van der Waals surface area contributed by atoms with Crippen LogP contribution in [0.25, 0.3) is 0 Å². The van der Waals surface area contributed by atoms with Crippen molar-refractivity contribution in [1.82, 2.24) is 0 Å². The molecule has 0 bridgehead atoms. The maximum absolute atomic E-state index is 14.2. The second-order valence-electron chi connectivity index (χ2n) is 12.6. The summed E-state index contributed by atoms with van der Waals surface area (Å²) in [6, 6.07) is 30.6. The molecule has 0 aromatic heterocycles. The summed E-state index contributed by atoms with van der Waals surface area (Å²) in [5.41, 5.74) is 6.35. The molecule has 5 aromatic rings. The van der Waals surface area contributed by atoms with Gasteiger partial charge in [-0.1, -0.05) is 67.8 Å². The smallest absolute Gasteiger partial charge is 0.311 e. The molecular formula is C38H29BF6N2. The number of para-hydroxylation sites is 2. The minimum absolute atomic E-state index is 0.260. The fourth-order valence-corrected chi connectivity index (χ4v) is 7.75. The number of hydrogen-bond donors (Lipinski definition) is 0. The van der Waals surface area contributed by atoms with Crippen LogP contribution < -0.4 is 26.2 Å². The van der Waals surface area contributed by atoms with E-state index in [9.17, 15) is 26.3 Å². The van der Waals surface area contributed by atoms with E-state index in [0.29, 0.717) is 11.4 Å². The summed E-state index contributed by atoms with van der Waals surface area (Å²) in [4.78, 5) is 3.96. The first kappa shape index (κ1) is 29.7. The van der Waals surface area contributed by atoms with Crippen molar-refractivity contribution in [3.8, 4) is 0 Å². The van der Waals surface area contributed by atoms with Crippen LogP contribution in [0.1, 0.15) is 54.7 Å². The van der Waals surface area contributed by atoms with Crippen LogP contribution in [-0.4, -0.2) is 6.71 Å². The zero-order valence-electron chi connectivity index (χ0n) is 25.2. The highest BCUT2D eigenvalue weighted by molar-refractivity contribution is 7.00. The van der Waals surface area contributed by atoms with Crippen molar-refractivity contribution < 1.29 is 26.3 Å². The number of anilines is 6. The monoisotopic (exact) mass is 638 g/mol. The van der Waals surface area contributed by atoms with E-state index in [-0.39, 0.29) is 12.6 Å². The topological polar surface area (TPSA) is 6.48 Å². The number of rotatable bonds is 3. The molecular weight excluding hydrogens is 609 g/mol. The number of benzene rings is 5. The molecule has 2 heterocycles. The molecule has 0 spiro atoms. The molecule has 5 aromatic carbocycles. The fourth-order valence-electron chi connectivity index (χ4n) is 7.75. The second-order valence-corrected chi connectivity index (χ2v) is 12.6. The van der Waals surface area contributed by atoms with Crippen LogP contribution in [0, 0.1) is 0 Å². The van der Waals surface area contributed by atoms with E-state index in [1.807, 2.05) is 64.4 Å². The van der Waals surface area contributed by atoms with Gasteiger partial charge in [-0.2, -0.15) is 26.3 Å². The number of halogens is 6. The van der Waals surface area contributed by atoms with Crippen molar-refractivity contribution >= 4 is 57.2 Å². The number of alkyl halides is 6. The summed E-state index contributed by atoms with van der Waals surface area (Å²) in [6.45, 7) is -0.389. The third kappa shape index (κ3) is 4.98. The summed E-state index contributed by atoms with van der Waals surface area (Å²) in [6.07, 6.45) is -3.67. The standard InChI is InChI=1S/C38H29BF6N2/c40-37(41,42)26-15-18-29(19-16-26)46-32-14-8-7-13-30(32)39-31-20-17-27(38(43,44)45)23-33(31)47(28-11-5-2-6-12-28)35-22-25(21-34(46)36(35)39)24-9-3-1-4-10-24/h2,5-8,11-24H,1,3-4,9-10H2. The molecule has 9 heteroatoms. The van der Waals surface area contributed by atoms with Gasteiger partial charge >= 0.3 is 12.4 Å². The van der Waals surface area contributed by atoms with Crippen LogP contribution in [-0.2, 0) is 12.4 Å². The molecule has 1 fully saturated rings. The van der Waals surface area contributed by atoms with Crippen LogP contribution >= 0.6 is 0 Å². The molecule has 0 N–H and O–H groups in total. The number of hydrogen-bond acceptors (Lipinski definition) is 2. The lowest BCUT2D eigenvalue weighted by molar-refractivity contribution is -0.138. The molecule has 0 radical (unpaired) electrons. The van der Waals surface area contributed by atoms with Gasteiger partial charge in [0, 0.05) is 34.1 Å². The lowest BCUT2D eigenvalue weighted by Crippen LogP contribution is -2.61. The fraction of sp³-hybridized carbons (Fsp3) is 0.211. The second kappa shape index (κ2) is 11.0. The molecule has 0 amide bonds. The predicted molar refractivity (Wildman–Crippen MR) is 176 cm³/mol. The van der Waals surface area contributed by atoms with Gasteiger partial charge in [-0.15, -0.1) is 0 Å². The zero-order chi connectivity index (χ0) is 32.5. The maximum atomic E-state index is 14.2. The van der Waals surface area contributed by atoms with Gasteiger partial charge in [0.2, 0.25) is 0 Å². The van der Waals surface area contributed by atoms with Crippen molar-refractivity contribution in [2.45, 2.75) is 50.4 Å². The lowest BCUT2D eigenvalue weighted by atomic mass is 9.33. The van der Waals surface area contributed by atoms with Gasteiger partial charge in [-0.3, -0.25) is 0 Å². The number of nitrogens with zero attached hydrogens (tertiary/aromatic N) is 2. The van der Waals surface area contributed by atoms with Gasteiger partial charge in [-0.05, 0) is 101 Å². The molecule has 2 nitrogen and oxygen atoms in total. The lowest BCUT2D eigenvalue weighted by Gasteiger charge is -2.45. The molecule has 236 valence electrons. The minimum atomic E-state index is -4.53. The molecule has 0 atom stereocenters. The zero-order valence-corrected chi connectivity index (χ0v) is 25.2. The van der Waals surface area contributed by atoms with Crippen molar-refractivity contribution in [3.05, 3.63) is 126 Å². The first-order valence-electron chi connectivity index (χ1n) is 15.9. The van der Waals surface area contributed by atoms with Crippen LogP contribution in [0.15, 0.2) is 109 Å². The largest absolute Gasteiger partial charge is 0.416 e. The van der Waals surface area contributed by atoms with E-state index < -0.39 is 23.5 Å². The predicted octanol–water partition coefficient (Wildman–Crippen LogP) is 9.85. The summed E-state index contributed by atoms with van der Waals surface area (Å²) in [5.74, 6) is 0.260. The molecule has 2 aliphatic heterocycles. The molecule has 0 saturated heterocycles. The van der Waals surface area contributed by atoms with Gasteiger partial charge < -0.3 is 9.80 Å². The Morgan fingerprint density at radius 1 is 0.511 bits per heavy atom. The maximum Gasteiger partial charge on any atom is 0.416 e. The quantitative estimate of drug-likeness (QED) is 0.141. The normalized spacial score (nSPS) is 16.1.